The molecule has 0 spiro atoms. The van der Waals surface area contributed by atoms with Gasteiger partial charge >= 0.3 is 0 Å². The van der Waals surface area contributed by atoms with Crippen molar-refractivity contribution in [2.24, 2.45) is 0 Å². The largest absolute Gasteiger partial charge is 0.486 e. The number of hydrogen-bond donors (Lipinski definition) is 1. The van der Waals surface area contributed by atoms with E-state index in [4.69, 9.17) is 4.74 Å². The van der Waals surface area contributed by atoms with Gasteiger partial charge in [0.25, 0.3) is 0 Å². The number of nitrogens with zero attached hydrogens (tertiary/aromatic N) is 2. The molecule has 0 bridgehead atoms. The van der Waals surface area contributed by atoms with E-state index in [1.54, 1.807) is 30.3 Å². The summed E-state index contributed by atoms with van der Waals surface area (Å²) in [7, 11) is -3.35. The zero-order valence-corrected chi connectivity index (χ0v) is 17.3. The van der Waals surface area contributed by atoms with Gasteiger partial charge in [0, 0.05) is 43.6 Å². The molecule has 1 N–H and O–H groups in total. The number of anilines is 2. The van der Waals surface area contributed by atoms with Crippen molar-refractivity contribution in [3.05, 3.63) is 54.1 Å². The molecule has 2 aromatic rings. The van der Waals surface area contributed by atoms with E-state index in [0.717, 1.165) is 12.3 Å². The van der Waals surface area contributed by atoms with E-state index in [1.165, 1.54) is 6.07 Å². The number of halogens is 2. The van der Waals surface area contributed by atoms with Gasteiger partial charge in [-0.3, -0.25) is 14.4 Å². The first-order valence-electron chi connectivity index (χ1n) is 9.34. The van der Waals surface area contributed by atoms with Gasteiger partial charge in [-0.15, -0.1) is 0 Å². The van der Waals surface area contributed by atoms with Crippen LogP contribution in [0.5, 0.6) is 5.75 Å². The summed E-state index contributed by atoms with van der Waals surface area (Å²) in [6.45, 7) is 2.59. The van der Waals surface area contributed by atoms with Crippen molar-refractivity contribution in [2.45, 2.75) is 0 Å². The third kappa shape index (κ3) is 6.39. The van der Waals surface area contributed by atoms with E-state index < -0.39 is 21.7 Å². The first-order chi connectivity index (χ1) is 14.2. The second-order valence-electron chi connectivity index (χ2n) is 7.09. The van der Waals surface area contributed by atoms with Crippen molar-refractivity contribution >= 4 is 27.2 Å². The van der Waals surface area contributed by atoms with E-state index in [9.17, 15) is 22.0 Å². The lowest BCUT2D eigenvalue weighted by molar-refractivity contribution is -0.122. The second-order valence-corrected chi connectivity index (χ2v) is 8.84. The number of benzene rings is 2. The summed E-state index contributed by atoms with van der Waals surface area (Å²) in [6.07, 6.45) is 1.06. The lowest BCUT2D eigenvalue weighted by atomic mass is 10.2. The maximum atomic E-state index is 13.4. The Bertz CT molecular complexity index is 992. The standard InChI is InChI=1S/C20H23F2N3O4S/c1-30(27,28)23-15-2-5-18(6-3-15)29-14-17(26)13-24-8-10-25(11-9-24)16-4-7-19(21)20(22)12-16/h2-7,12,23H,8-11,13-14H2,1H3. The molecule has 1 fully saturated rings. The van der Waals surface area contributed by atoms with Crippen LogP contribution in [-0.2, 0) is 14.8 Å². The number of sulfonamides is 1. The minimum Gasteiger partial charge on any atom is -0.486 e. The van der Waals surface area contributed by atoms with Crippen LogP contribution >= 0.6 is 0 Å². The van der Waals surface area contributed by atoms with Gasteiger partial charge in [-0.2, -0.15) is 0 Å². The average molecular weight is 439 g/mol. The van der Waals surface area contributed by atoms with Gasteiger partial charge in [0.15, 0.2) is 17.4 Å². The molecule has 30 heavy (non-hydrogen) atoms. The number of Topliss-reactive ketones (excluding diaryl/α,β-unsaturated/α-hetero) is 1. The first-order valence-corrected chi connectivity index (χ1v) is 11.2. The molecule has 0 amide bonds. The molecule has 1 saturated heterocycles. The smallest absolute Gasteiger partial charge is 0.229 e. The maximum Gasteiger partial charge on any atom is 0.229 e. The average Bonchev–Trinajstić information content (AvgIpc) is 2.69. The van der Waals surface area contributed by atoms with Crippen LogP contribution in [-0.4, -0.2) is 64.7 Å². The quantitative estimate of drug-likeness (QED) is 0.679. The minimum atomic E-state index is -3.35. The molecule has 1 heterocycles. The summed E-state index contributed by atoms with van der Waals surface area (Å²) in [5, 5.41) is 0. The van der Waals surface area contributed by atoms with Crippen LogP contribution in [0.1, 0.15) is 0 Å². The van der Waals surface area contributed by atoms with E-state index >= 15 is 0 Å². The van der Waals surface area contributed by atoms with E-state index in [2.05, 4.69) is 4.72 Å². The lowest BCUT2D eigenvalue weighted by Gasteiger charge is -2.35. The molecular weight excluding hydrogens is 416 g/mol. The van der Waals surface area contributed by atoms with Gasteiger partial charge in [-0.25, -0.2) is 17.2 Å². The molecule has 1 aliphatic rings. The topological polar surface area (TPSA) is 78.9 Å². The fraction of sp³-hybridized carbons (Fsp3) is 0.350. The zero-order chi connectivity index (χ0) is 21.7. The van der Waals surface area contributed by atoms with Gasteiger partial charge in [0.2, 0.25) is 10.0 Å². The van der Waals surface area contributed by atoms with Crippen LogP contribution in [0, 0.1) is 11.6 Å². The molecule has 10 heteroatoms. The summed E-state index contributed by atoms with van der Waals surface area (Å²) in [5.41, 5.74) is 1.03. The second kappa shape index (κ2) is 9.40. The number of carbonyl (C=O) groups excluding carboxylic acids is 1. The van der Waals surface area contributed by atoms with Crippen LogP contribution in [0.2, 0.25) is 0 Å². The Hall–Kier alpha value is -2.72. The van der Waals surface area contributed by atoms with Crippen LogP contribution in [0.4, 0.5) is 20.2 Å². The van der Waals surface area contributed by atoms with Crippen molar-refractivity contribution in [3.63, 3.8) is 0 Å². The molecule has 0 aromatic heterocycles. The molecule has 0 saturated carbocycles. The Kier molecular flexibility index (Phi) is 6.88. The molecule has 3 rings (SSSR count). The number of hydrogen-bond acceptors (Lipinski definition) is 6. The van der Waals surface area contributed by atoms with Crippen LogP contribution in [0.3, 0.4) is 0 Å². The molecule has 7 nitrogen and oxygen atoms in total. The summed E-state index contributed by atoms with van der Waals surface area (Å²) in [5.74, 6) is -1.37. The number of ether oxygens (including phenoxy) is 1. The number of carbonyl (C=O) groups is 1. The van der Waals surface area contributed by atoms with Gasteiger partial charge in [-0.05, 0) is 36.4 Å². The number of nitrogens with one attached hydrogen (secondary N) is 1. The molecule has 1 aliphatic heterocycles. The van der Waals surface area contributed by atoms with E-state index in [1.807, 2.05) is 9.80 Å². The Balaban J connectivity index is 1.42. The summed E-state index contributed by atoms with van der Waals surface area (Å²) < 4.78 is 56.7. The highest BCUT2D eigenvalue weighted by atomic mass is 32.2. The summed E-state index contributed by atoms with van der Waals surface area (Å²) in [6, 6.07) is 10.1. The first kappa shape index (κ1) is 22.0. The molecule has 0 aliphatic carbocycles. The highest BCUT2D eigenvalue weighted by Crippen LogP contribution is 2.20. The summed E-state index contributed by atoms with van der Waals surface area (Å²) in [4.78, 5) is 16.1. The number of ketones is 1. The molecule has 0 radical (unpaired) electrons. The van der Waals surface area contributed by atoms with Crippen molar-refractivity contribution in [3.8, 4) is 5.75 Å². The Morgan fingerprint density at radius 3 is 2.30 bits per heavy atom. The number of rotatable bonds is 8. The Morgan fingerprint density at radius 1 is 1.03 bits per heavy atom. The fourth-order valence-corrected chi connectivity index (χ4v) is 3.70. The third-order valence-electron chi connectivity index (χ3n) is 4.60. The molecule has 0 unspecified atom stereocenters. The Labute approximate surface area is 174 Å². The molecular formula is C20H23F2N3O4S. The van der Waals surface area contributed by atoms with Crippen LogP contribution < -0.4 is 14.4 Å². The van der Waals surface area contributed by atoms with Crippen molar-refractivity contribution in [2.75, 3.05) is 55.2 Å². The zero-order valence-electron chi connectivity index (χ0n) is 16.5. The fourth-order valence-electron chi connectivity index (χ4n) is 3.14. The number of piperazine rings is 1. The van der Waals surface area contributed by atoms with Gasteiger partial charge < -0.3 is 9.64 Å². The highest BCUT2D eigenvalue weighted by Gasteiger charge is 2.20. The van der Waals surface area contributed by atoms with Gasteiger partial charge in [0.05, 0.1) is 12.8 Å². The van der Waals surface area contributed by atoms with Crippen LogP contribution in [0.25, 0.3) is 0 Å². The minimum absolute atomic E-state index is 0.0883. The van der Waals surface area contributed by atoms with Crippen molar-refractivity contribution < 1.29 is 26.7 Å². The highest BCUT2D eigenvalue weighted by molar-refractivity contribution is 7.92. The molecule has 2 aromatic carbocycles. The predicted molar refractivity (Wildman–Crippen MR) is 110 cm³/mol. The van der Waals surface area contributed by atoms with E-state index in [-0.39, 0.29) is 18.9 Å². The monoisotopic (exact) mass is 439 g/mol. The van der Waals surface area contributed by atoms with E-state index in [0.29, 0.717) is 43.3 Å². The van der Waals surface area contributed by atoms with Crippen molar-refractivity contribution in [1.29, 1.82) is 0 Å². The molecule has 162 valence electrons. The van der Waals surface area contributed by atoms with Gasteiger partial charge in [-0.1, -0.05) is 0 Å². The van der Waals surface area contributed by atoms with Crippen LogP contribution in [0.15, 0.2) is 42.5 Å². The Morgan fingerprint density at radius 2 is 1.70 bits per heavy atom. The van der Waals surface area contributed by atoms with Crippen molar-refractivity contribution in [1.82, 2.24) is 4.90 Å². The maximum absolute atomic E-state index is 13.4. The SMILES string of the molecule is CS(=O)(=O)Nc1ccc(OCC(=O)CN2CCN(c3ccc(F)c(F)c3)CC2)cc1. The lowest BCUT2D eigenvalue weighted by Crippen LogP contribution is -2.48. The predicted octanol–water partition coefficient (Wildman–Crippen LogP) is 2.11. The van der Waals surface area contributed by atoms with Gasteiger partial charge in [0.1, 0.15) is 12.4 Å². The summed E-state index contributed by atoms with van der Waals surface area (Å²) >= 11 is 0. The molecule has 0 atom stereocenters. The normalized spacial score (nSPS) is 15.1. The third-order valence-corrected chi connectivity index (χ3v) is 5.20.